The Bertz CT molecular complexity index is 613. The lowest BCUT2D eigenvalue weighted by Gasteiger charge is -1.92. The molecule has 0 N–H and O–H groups in total. The van der Waals surface area contributed by atoms with Gasteiger partial charge >= 0.3 is 0 Å². The van der Waals surface area contributed by atoms with Gasteiger partial charge in [-0.1, -0.05) is 12.1 Å². The van der Waals surface area contributed by atoms with Crippen LogP contribution in [-0.2, 0) is 0 Å². The van der Waals surface area contributed by atoms with Crippen LogP contribution in [0.1, 0.15) is 0 Å². The highest BCUT2D eigenvalue weighted by atomic mass is 32.1. The van der Waals surface area contributed by atoms with Gasteiger partial charge in [0.15, 0.2) is 0 Å². The number of pyridine rings is 1. The third-order valence-corrected chi connectivity index (χ3v) is 3.99. The summed E-state index contributed by atoms with van der Waals surface area (Å²) in [5, 5.41) is 2.55. The molecule has 0 radical (unpaired) electrons. The minimum Gasteiger partial charge on any atom is -0.263 e. The summed E-state index contributed by atoms with van der Waals surface area (Å²) in [7, 11) is 0. The SMILES string of the molecule is Sc1cccc2c1sc1cnccc12. The molecule has 0 spiro atoms. The smallest absolute Gasteiger partial charge is 0.0539 e. The zero-order valence-corrected chi connectivity index (χ0v) is 8.98. The normalized spacial score (nSPS) is 11.2. The maximum Gasteiger partial charge on any atom is 0.0539 e. The van der Waals surface area contributed by atoms with Crippen LogP contribution in [0.5, 0.6) is 0 Å². The Balaban J connectivity index is 2.63. The van der Waals surface area contributed by atoms with Gasteiger partial charge in [0.2, 0.25) is 0 Å². The predicted molar refractivity (Wildman–Crippen MR) is 64.4 cm³/mol. The van der Waals surface area contributed by atoms with E-state index in [0.29, 0.717) is 0 Å². The minimum absolute atomic E-state index is 1.05. The molecule has 0 saturated heterocycles. The number of hydrogen-bond donors (Lipinski definition) is 1. The summed E-state index contributed by atoms with van der Waals surface area (Å²) in [6.07, 6.45) is 3.74. The highest BCUT2D eigenvalue weighted by Gasteiger charge is 2.05. The van der Waals surface area contributed by atoms with Gasteiger partial charge in [-0.2, -0.15) is 0 Å². The molecule has 3 heteroatoms. The molecule has 3 aromatic rings. The molecule has 1 aromatic carbocycles. The second-order valence-corrected chi connectivity index (χ2v) is 4.66. The highest BCUT2D eigenvalue weighted by molar-refractivity contribution is 7.80. The summed E-state index contributed by atoms with van der Waals surface area (Å²) in [4.78, 5) is 5.17. The summed E-state index contributed by atoms with van der Waals surface area (Å²) in [6, 6.07) is 8.25. The molecular formula is C11H7NS2. The van der Waals surface area contributed by atoms with Gasteiger partial charge in [-0.05, 0) is 12.1 Å². The van der Waals surface area contributed by atoms with E-state index in [1.54, 1.807) is 11.3 Å². The van der Waals surface area contributed by atoms with Gasteiger partial charge in [0.25, 0.3) is 0 Å². The molecule has 2 heterocycles. The number of aromatic nitrogens is 1. The quantitative estimate of drug-likeness (QED) is 0.566. The average molecular weight is 217 g/mol. The van der Waals surface area contributed by atoms with Crippen molar-refractivity contribution in [3.05, 3.63) is 36.7 Å². The van der Waals surface area contributed by atoms with Gasteiger partial charge < -0.3 is 0 Å². The summed E-state index contributed by atoms with van der Waals surface area (Å²) in [6.45, 7) is 0. The van der Waals surface area contributed by atoms with Crippen LogP contribution < -0.4 is 0 Å². The van der Waals surface area contributed by atoms with Crippen molar-refractivity contribution in [2.45, 2.75) is 4.90 Å². The number of benzene rings is 1. The number of hydrogen-bond acceptors (Lipinski definition) is 3. The summed E-state index contributed by atoms with van der Waals surface area (Å²) in [5.41, 5.74) is 0. The third kappa shape index (κ3) is 1.06. The van der Waals surface area contributed by atoms with Gasteiger partial charge in [-0.25, -0.2) is 0 Å². The Morgan fingerprint density at radius 2 is 2.07 bits per heavy atom. The lowest BCUT2D eigenvalue weighted by molar-refractivity contribution is 1.37. The molecule has 0 aliphatic carbocycles. The van der Waals surface area contributed by atoms with Crippen molar-refractivity contribution in [3.8, 4) is 0 Å². The average Bonchev–Trinajstić information content (AvgIpc) is 2.59. The van der Waals surface area contributed by atoms with Crippen molar-refractivity contribution in [2.75, 3.05) is 0 Å². The molecule has 0 atom stereocenters. The summed E-state index contributed by atoms with van der Waals surface area (Å²) in [5.74, 6) is 0. The van der Waals surface area contributed by atoms with E-state index in [0.717, 1.165) is 4.90 Å². The van der Waals surface area contributed by atoms with E-state index in [1.807, 2.05) is 24.5 Å². The molecular weight excluding hydrogens is 210 g/mol. The van der Waals surface area contributed by atoms with Crippen molar-refractivity contribution in [1.82, 2.24) is 4.98 Å². The number of thiol groups is 1. The zero-order chi connectivity index (χ0) is 9.54. The first-order chi connectivity index (χ1) is 6.86. The fourth-order valence-electron chi connectivity index (χ4n) is 1.64. The van der Waals surface area contributed by atoms with Crippen LogP contribution in [0.2, 0.25) is 0 Å². The first-order valence-corrected chi connectivity index (χ1v) is 5.57. The first-order valence-electron chi connectivity index (χ1n) is 4.30. The molecule has 0 amide bonds. The van der Waals surface area contributed by atoms with E-state index in [4.69, 9.17) is 0 Å². The largest absolute Gasteiger partial charge is 0.263 e. The zero-order valence-electron chi connectivity index (χ0n) is 7.27. The van der Waals surface area contributed by atoms with E-state index in [2.05, 4.69) is 29.7 Å². The predicted octanol–water partition coefficient (Wildman–Crippen LogP) is 3.74. The Kier molecular flexibility index (Phi) is 1.75. The molecule has 0 aliphatic rings. The van der Waals surface area contributed by atoms with Crippen molar-refractivity contribution < 1.29 is 0 Å². The Labute approximate surface area is 90.8 Å². The molecule has 0 fully saturated rings. The fourth-order valence-corrected chi connectivity index (χ4v) is 3.06. The number of rotatable bonds is 0. The van der Waals surface area contributed by atoms with E-state index in [9.17, 15) is 0 Å². The topological polar surface area (TPSA) is 12.9 Å². The first kappa shape index (κ1) is 8.26. The molecule has 0 aliphatic heterocycles. The monoisotopic (exact) mass is 217 g/mol. The molecule has 3 rings (SSSR count). The van der Waals surface area contributed by atoms with E-state index < -0.39 is 0 Å². The van der Waals surface area contributed by atoms with Gasteiger partial charge in [-0.15, -0.1) is 24.0 Å². The van der Waals surface area contributed by atoms with Crippen molar-refractivity contribution >= 4 is 44.1 Å². The van der Waals surface area contributed by atoms with Crippen molar-refractivity contribution in [3.63, 3.8) is 0 Å². The lowest BCUT2D eigenvalue weighted by Crippen LogP contribution is -1.68. The molecule has 0 unspecified atom stereocenters. The molecule has 1 nitrogen and oxygen atoms in total. The van der Waals surface area contributed by atoms with Crippen molar-refractivity contribution in [1.29, 1.82) is 0 Å². The Morgan fingerprint density at radius 3 is 3.00 bits per heavy atom. The molecule has 0 bridgehead atoms. The second kappa shape index (κ2) is 2.97. The maximum atomic E-state index is 4.45. The standard InChI is InChI=1S/C11H7NS2/c13-9-3-1-2-8-7-4-5-12-6-10(7)14-11(8)9/h1-6,13H. The van der Waals surface area contributed by atoms with Crippen molar-refractivity contribution in [2.24, 2.45) is 0 Å². The second-order valence-electron chi connectivity index (χ2n) is 3.13. The van der Waals surface area contributed by atoms with Crippen LogP contribution in [0.4, 0.5) is 0 Å². The molecule has 2 aromatic heterocycles. The highest BCUT2D eigenvalue weighted by Crippen LogP contribution is 2.36. The van der Waals surface area contributed by atoms with Crippen LogP contribution in [0.15, 0.2) is 41.6 Å². The summed E-state index contributed by atoms with van der Waals surface area (Å²) >= 11 is 6.20. The number of fused-ring (bicyclic) bond motifs is 3. The maximum absolute atomic E-state index is 4.45. The molecule has 68 valence electrons. The van der Waals surface area contributed by atoms with Crippen LogP contribution in [-0.4, -0.2) is 4.98 Å². The van der Waals surface area contributed by atoms with Gasteiger partial charge in [-0.3, -0.25) is 4.98 Å². The van der Waals surface area contributed by atoms with E-state index >= 15 is 0 Å². The van der Waals surface area contributed by atoms with Gasteiger partial charge in [0.1, 0.15) is 0 Å². The third-order valence-electron chi connectivity index (χ3n) is 2.28. The van der Waals surface area contributed by atoms with Crippen LogP contribution in [0.25, 0.3) is 20.2 Å². The van der Waals surface area contributed by atoms with Crippen LogP contribution in [0.3, 0.4) is 0 Å². The van der Waals surface area contributed by atoms with E-state index in [-0.39, 0.29) is 0 Å². The molecule has 0 saturated carbocycles. The number of nitrogens with zero attached hydrogens (tertiary/aromatic N) is 1. The summed E-state index contributed by atoms with van der Waals surface area (Å²) < 4.78 is 2.47. The Morgan fingerprint density at radius 1 is 1.14 bits per heavy atom. The number of thiophene rings is 1. The molecule has 14 heavy (non-hydrogen) atoms. The van der Waals surface area contributed by atoms with E-state index in [1.165, 1.54) is 20.2 Å². The van der Waals surface area contributed by atoms with Gasteiger partial charge in [0.05, 0.1) is 4.70 Å². The van der Waals surface area contributed by atoms with Crippen LogP contribution in [0, 0.1) is 0 Å². The fraction of sp³-hybridized carbons (Fsp3) is 0. The van der Waals surface area contributed by atoms with Crippen LogP contribution >= 0.6 is 24.0 Å². The van der Waals surface area contributed by atoms with Gasteiger partial charge in [0, 0.05) is 32.8 Å². The minimum atomic E-state index is 1.05. The Hall–Kier alpha value is -1.06. The lowest BCUT2D eigenvalue weighted by atomic mass is 10.2.